The highest BCUT2D eigenvalue weighted by Crippen LogP contribution is 2.36. The lowest BCUT2D eigenvalue weighted by molar-refractivity contribution is -0.167. The summed E-state index contributed by atoms with van der Waals surface area (Å²) in [6.07, 6.45) is 0.804. The molecule has 1 fully saturated rings. The summed E-state index contributed by atoms with van der Waals surface area (Å²) in [5.41, 5.74) is 7.82. The second kappa shape index (κ2) is 4.84. The molecule has 4 heteroatoms. The predicted octanol–water partition coefficient (Wildman–Crippen LogP) is 2.52. The Morgan fingerprint density at radius 2 is 2.06 bits per heavy atom. The Bertz CT molecular complexity index is 375. The van der Waals surface area contributed by atoms with Gasteiger partial charge in [-0.25, -0.2) is 0 Å². The summed E-state index contributed by atoms with van der Waals surface area (Å²) < 4.78 is 12.5. The Hall–Kier alpha value is -0.420. The molecule has 0 atom stereocenters. The van der Waals surface area contributed by atoms with Crippen LogP contribution < -0.4 is 5.73 Å². The highest BCUT2D eigenvalue weighted by molar-refractivity contribution is 9.10. The fourth-order valence-electron chi connectivity index (χ4n) is 2.00. The predicted molar refractivity (Wildman–Crippen MR) is 65.9 cm³/mol. The van der Waals surface area contributed by atoms with Crippen molar-refractivity contribution in [2.75, 3.05) is 13.2 Å². The largest absolute Gasteiger partial charge is 0.343 e. The fourth-order valence-corrected chi connectivity index (χ4v) is 2.41. The van der Waals surface area contributed by atoms with Gasteiger partial charge in [-0.3, -0.25) is 0 Å². The molecule has 1 saturated heterocycles. The molecule has 1 aliphatic heterocycles. The normalized spacial score (nSPS) is 18.9. The van der Waals surface area contributed by atoms with Crippen LogP contribution in [-0.2, 0) is 21.8 Å². The summed E-state index contributed by atoms with van der Waals surface area (Å²) in [5, 5.41) is 0. The van der Waals surface area contributed by atoms with Crippen molar-refractivity contribution in [3.63, 3.8) is 0 Å². The molecule has 0 amide bonds. The van der Waals surface area contributed by atoms with Crippen molar-refractivity contribution in [2.45, 2.75) is 25.7 Å². The zero-order valence-corrected chi connectivity index (χ0v) is 10.9. The van der Waals surface area contributed by atoms with Crippen LogP contribution in [-0.4, -0.2) is 13.2 Å². The van der Waals surface area contributed by atoms with Crippen LogP contribution in [0.25, 0.3) is 0 Å². The van der Waals surface area contributed by atoms with E-state index in [2.05, 4.69) is 28.9 Å². The highest BCUT2D eigenvalue weighted by atomic mass is 79.9. The van der Waals surface area contributed by atoms with Gasteiger partial charge in [-0.1, -0.05) is 28.9 Å². The average Bonchev–Trinajstić information content (AvgIpc) is 2.79. The van der Waals surface area contributed by atoms with E-state index in [1.54, 1.807) is 0 Å². The van der Waals surface area contributed by atoms with Crippen molar-refractivity contribution in [1.82, 2.24) is 0 Å². The molecule has 0 aliphatic carbocycles. The molecule has 0 saturated carbocycles. The molecule has 1 aromatic rings. The topological polar surface area (TPSA) is 44.5 Å². The SMILES string of the molecule is CCC1(c2ccc(Br)c(CN)c2)OCCO1. The first kappa shape index (κ1) is 12.0. The first-order chi connectivity index (χ1) is 7.72. The van der Waals surface area contributed by atoms with E-state index in [1.807, 2.05) is 12.1 Å². The minimum atomic E-state index is -0.565. The zero-order valence-electron chi connectivity index (χ0n) is 9.33. The van der Waals surface area contributed by atoms with Crippen molar-refractivity contribution in [3.05, 3.63) is 33.8 Å². The maximum atomic E-state index is 5.74. The summed E-state index contributed by atoms with van der Waals surface area (Å²) in [4.78, 5) is 0. The third-order valence-corrected chi connectivity index (χ3v) is 3.70. The molecule has 1 aliphatic rings. The number of halogens is 1. The Labute approximate surface area is 104 Å². The Morgan fingerprint density at radius 1 is 1.38 bits per heavy atom. The average molecular weight is 286 g/mol. The van der Waals surface area contributed by atoms with Crippen molar-refractivity contribution >= 4 is 15.9 Å². The Morgan fingerprint density at radius 3 is 2.62 bits per heavy atom. The van der Waals surface area contributed by atoms with Gasteiger partial charge in [0.2, 0.25) is 0 Å². The number of hydrogen-bond donors (Lipinski definition) is 1. The summed E-state index contributed by atoms with van der Waals surface area (Å²) >= 11 is 3.48. The molecule has 16 heavy (non-hydrogen) atoms. The minimum absolute atomic E-state index is 0.508. The molecule has 0 spiro atoms. The van der Waals surface area contributed by atoms with Crippen LogP contribution in [0.2, 0.25) is 0 Å². The zero-order chi connectivity index (χ0) is 11.6. The highest BCUT2D eigenvalue weighted by Gasteiger charge is 2.36. The molecule has 2 N–H and O–H groups in total. The van der Waals surface area contributed by atoms with Gasteiger partial charge in [0.25, 0.3) is 0 Å². The molecular formula is C12H16BrNO2. The molecule has 3 nitrogen and oxygen atoms in total. The van der Waals surface area contributed by atoms with Crippen molar-refractivity contribution in [3.8, 4) is 0 Å². The second-order valence-corrected chi connectivity index (χ2v) is 4.67. The Kier molecular flexibility index (Phi) is 3.64. The maximum Gasteiger partial charge on any atom is 0.194 e. The number of nitrogens with two attached hydrogens (primary N) is 1. The molecule has 0 aromatic heterocycles. The smallest absolute Gasteiger partial charge is 0.194 e. The van der Waals surface area contributed by atoms with E-state index >= 15 is 0 Å². The van der Waals surface area contributed by atoms with E-state index in [0.29, 0.717) is 19.8 Å². The van der Waals surface area contributed by atoms with E-state index in [0.717, 1.165) is 22.0 Å². The second-order valence-electron chi connectivity index (χ2n) is 3.81. The van der Waals surface area contributed by atoms with E-state index in [-0.39, 0.29) is 0 Å². The van der Waals surface area contributed by atoms with Gasteiger partial charge in [0.1, 0.15) is 0 Å². The minimum Gasteiger partial charge on any atom is -0.343 e. The molecule has 1 heterocycles. The first-order valence-corrected chi connectivity index (χ1v) is 6.28. The van der Waals surface area contributed by atoms with E-state index < -0.39 is 5.79 Å². The molecule has 88 valence electrons. The standard InChI is InChI=1S/C12H16BrNO2/c1-2-12(15-5-6-16-12)10-3-4-11(13)9(7-10)8-14/h3-4,7H,2,5-6,8,14H2,1H3. The molecule has 1 aromatic carbocycles. The van der Waals surface area contributed by atoms with Gasteiger partial charge in [0.05, 0.1) is 13.2 Å². The van der Waals surface area contributed by atoms with Crippen LogP contribution in [0.15, 0.2) is 22.7 Å². The van der Waals surface area contributed by atoms with E-state index in [9.17, 15) is 0 Å². The lowest BCUT2D eigenvalue weighted by Crippen LogP contribution is -2.26. The monoisotopic (exact) mass is 285 g/mol. The van der Waals surface area contributed by atoms with Crippen molar-refractivity contribution in [2.24, 2.45) is 5.73 Å². The van der Waals surface area contributed by atoms with Crippen molar-refractivity contribution < 1.29 is 9.47 Å². The van der Waals surface area contributed by atoms with Gasteiger partial charge in [-0.05, 0) is 17.7 Å². The molecule has 0 bridgehead atoms. The summed E-state index contributed by atoms with van der Waals surface area (Å²) in [6.45, 7) is 3.88. The van der Waals surface area contributed by atoms with Crippen LogP contribution in [0, 0.1) is 0 Å². The molecular weight excluding hydrogens is 270 g/mol. The van der Waals surface area contributed by atoms with Crippen LogP contribution in [0.5, 0.6) is 0 Å². The van der Waals surface area contributed by atoms with Crippen LogP contribution in [0.4, 0.5) is 0 Å². The number of hydrogen-bond acceptors (Lipinski definition) is 3. The van der Waals surface area contributed by atoms with E-state index in [1.165, 1.54) is 0 Å². The summed E-state index contributed by atoms with van der Waals surface area (Å²) in [6, 6.07) is 6.08. The molecule has 0 unspecified atom stereocenters. The van der Waals surface area contributed by atoms with Gasteiger partial charge in [0.15, 0.2) is 5.79 Å². The van der Waals surface area contributed by atoms with E-state index in [4.69, 9.17) is 15.2 Å². The lowest BCUT2D eigenvalue weighted by atomic mass is 10.0. The first-order valence-electron chi connectivity index (χ1n) is 5.49. The lowest BCUT2D eigenvalue weighted by Gasteiger charge is -2.27. The third-order valence-electron chi connectivity index (χ3n) is 2.92. The third kappa shape index (κ3) is 2.02. The Balaban J connectivity index is 2.38. The fraction of sp³-hybridized carbons (Fsp3) is 0.500. The number of benzene rings is 1. The van der Waals surface area contributed by atoms with Crippen LogP contribution >= 0.6 is 15.9 Å². The molecule has 0 radical (unpaired) electrons. The van der Waals surface area contributed by atoms with Gasteiger partial charge in [-0.2, -0.15) is 0 Å². The van der Waals surface area contributed by atoms with Gasteiger partial charge in [-0.15, -0.1) is 0 Å². The number of ether oxygens (including phenoxy) is 2. The van der Waals surface area contributed by atoms with Crippen LogP contribution in [0.1, 0.15) is 24.5 Å². The van der Waals surface area contributed by atoms with Crippen LogP contribution in [0.3, 0.4) is 0 Å². The molecule has 2 rings (SSSR count). The quantitative estimate of drug-likeness (QED) is 0.928. The van der Waals surface area contributed by atoms with Gasteiger partial charge < -0.3 is 15.2 Å². The number of rotatable bonds is 3. The van der Waals surface area contributed by atoms with Gasteiger partial charge >= 0.3 is 0 Å². The summed E-state index contributed by atoms with van der Waals surface area (Å²) in [7, 11) is 0. The maximum absolute atomic E-state index is 5.74. The summed E-state index contributed by atoms with van der Waals surface area (Å²) in [5.74, 6) is -0.565. The van der Waals surface area contributed by atoms with Gasteiger partial charge in [0, 0.05) is 23.0 Å². The van der Waals surface area contributed by atoms with Crippen molar-refractivity contribution in [1.29, 1.82) is 0 Å².